The molecule has 27 heavy (non-hydrogen) atoms. The van der Waals surface area contributed by atoms with Crippen LogP contribution < -0.4 is 0 Å². The summed E-state index contributed by atoms with van der Waals surface area (Å²) in [5.41, 5.74) is 2.02. The van der Waals surface area contributed by atoms with E-state index in [1.165, 1.54) is 18.2 Å². The van der Waals surface area contributed by atoms with Gasteiger partial charge in [0.15, 0.2) is 0 Å². The van der Waals surface area contributed by atoms with E-state index >= 15 is 0 Å². The minimum absolute atomic E-state index is 0.138. The number of halogens is 5. The fraction of sp³-hybridized carbons (Fsp3) is 0. The summed E-state index contributed by atoms with van der Waals surface area (Å²) < 4.78 is 27.7. The van der Waals surface area contributed by atoms with Gasteiger partial charge >= 0.3 is 0 Å². The van der Waals surface area contributed by atoms with E-state index in [0.717, 1.165) is 6.07 Å². The fourth-order valence-corrected chi connectivity index (χ4v) is 3.73. The Kier molecular flexibility index (Phi) is 4.72. The van der Waals surface area contributed by atoms with Crippen molar-refractivity contribution in [3.8, 4) is 22.4 Å². The number of aromatic nitrogens is 2. The molecule has 0 aliphatic rings. The van der Waals surface area contributed by atoms with Gasteiger partial charge in [0.05, 0.1) is 21.3 Å². The number of rotatable bonds is 2. The normalized spacial score (nSPS) is 11.1. The highest BCUT2D eigenvalue weighted by molar-refractivity contribution is 6.39. The highest BCUT2D eigenvalue weighted by Crippen LogP contribution is 2.39. The molecule has 0 radical (unpaired) electrons. The molecule has 2 heterocycles. The van der Waals surface area contributed by atoms with Crippen LogP contribution in [-0.2, 0) is 0 Å². The minimum Gasteiger partial charge on any atom is -0.254 e. The molecule has 4 rings (SSSR count). The molecule has 134 valence electrons. The van der Waals surface area contributed by atoms with E-state index < -0.39 is 11.6 Å². The van der Waals surface area contributed by atoms with Crippen LogP contribution in [0.2, 0.25) is 15.2 Å². The number of benzene rings is 2. The molecule has 0 bridgehead atoms. The standard InChI is InChI=1S/C20H9Cl3F2N2/c21-14-2-1-3-15(22)18(14)20-19-12(6-7-26-20)13(9-17(23)27-19)11-5-4-10(24)8-16(11)25/h1-9H. The van der Waals surface area contributed by atoms with Gasteiger partial charge in [-0.05, 0) is 42.0 Å². The minimum atomic E-state index is -0.701. The van der Waals surface area contributed by atoms with Crippen LogP contribution in [0.5, 0.6) is 0 Å². The summed E-state index contributed by atoms with van der Waals surface area (Å²) in [4.78, 5) is 8.72. The predicted octanol–water partition coefficient (Wildman–Crippen LogP) is 7.20. The van der Waals surface area contributed by atoms with Crippen LogP contribution in [0.4, 0.5) is 8.78 Å². The number of hydrogen-bond acceptors (Lipinski definition) is 2. The van der Waals surface area contributed by atoms with Crippen LogP contribution in [0.1, 0.15) is 0 Å². The van der Waals surface area contributed by atoms with Gasteiger partial charge in [0.25, 0.3) is 0 Å². The van der Waals surface area contributed by atoms with Crippen molar-refractivity contribution >= 4 is 45.7 Å². The predicted molar refractivity (Wildman–Crippen MR) is 105 cm³/mol. The van der Waals surface area contributed by atoms with Crippen LogP contribution in [0, 0.1) is 11.6 Å². The number of hydrogen-bond donors (Lipinski definition) is 0. The average Bonchev–Trinajstić information content (AvgIpc) is 2.61. The second-order valence-corrected chi connectivity index (χ2v) is 6.97. The van der Waals surface area contributed by atoms with Crippen molar-refractivity contribution in [3.05, 3.63) is 81.6 Å². The molecule has 0 aliphatic carbocycles. The Morgan fingerprint density at radius 1 is 0.815 bits per heavy atom. The van der Waals surface area contributed by atoms with Crippen LogP contribution in [0.3, 0.4) is 0 Å². The molecule has 2 aromatic carbocycles. The Morgan fingerprint density at radius 2 is 1.56 bits per heavy atom. The Morgan fingerprint density at radius 3 is 2.26 bits per heavy atom. The summed E-state index contributed by atoms with van der Waals surface area (Å²) in [6.07, 6.45) is 1.55. The van der Waals surface area contributed by atoms with Gasteiger partial charge in [0.1, 0.15) is 16.8 Å². The molecular weight excluding hydrogens is 413 g/mol. The Hall–Kier alpha value is -2.27. The maximum atomic E-state index is 14.4. The first-order chi connectivity index (χ1) is 13.0. The Bertz CT molecular complexity index is 1180. The Labute approximate surface area is 168 Å². The molecular formula is C20H9Cl3F2N2. The third-order valence-corrected chi connectivity index (χ3v) is 4.94. The van der Waals surface area contributed by atoms with Crippen molar-refractivity contribution < 1.29 is 8.78 Å². The third kappa shape index (κ3) is 3.25. The quantitative estimate of drug-likeness (QED) is 0.320. The molecule has 0 aliphatic heterocycles. The monoisotopic (exact) mass is 420 g/mol. The highest BCUT2D eigenvalue weighted by atomic mass is 35.5. The van der Waals surface area contributed by atoms with Gasteiger partial charge in [-0.2, -0.15) is 0 Å². The second kappa shape index (κ2) is 7.04. The molecule has 0 fully saturated rings. The van der Waals surface area contributed by atoms with Crippen molar-refractivity contribution in [2.45, 2.75) is 0 Å². The van der Waals surface area contributed by atoms with E-state index in [2.05, 4.69) is 9.97 Å². The molecule has 0 unspecified atom stereocenters. The van der Waals surface area contributed by atoms with Crippen molar-refractivity contribution in [1.82, 2.24) is 9.97 Å². The largest absolute Gasteiger partial charge is 0.254 e. The van der Waals surface area contributed by atoms with Gasteiger partial charge < -0.3 is 0 Å². The average molecular weight is 422 g/mol. The maximum Gasteiger partial charge on any atom is 0.133 e. The lowest BCUT2D eigenvalue weighted by molar-refractivity contribution is 0.585. The highest BCUT2D eigenvalue weighted by Gasteiger charge is 2.18. The lowest BCUT2D eigenvalue weighted by atomic mass is 9.99. The van der Waals surface area contributed by atoms with Gasteiger partial charge in [-0.3, -0.25) is 4.98 Å². The van der Waals surface area contributed by atoms with E-state index in [0.29, 0.717) is 37.8 Å². The SMILES string of the molecule is Fc1ccc(-c2cc(Cl)nc3c(-c4c(Cl)cccc4Cl)nccc23)c(F)c1. The van der Waals surface area contributed by atoms with E-state index in [4.69, 9.17) is 34.8 Å². The van der Waals surface area contributed by atoms with E-state index in [9.17, 15) is 8.78 Å². The van der Waals surface area contributed by atoms with Crippen LogP contribution in [-0.4, -0.2) is 9.97 Å². The molecule has 0 saturated carbocycles. The molecule has 0 atom stereocenters. The molecule has 7 heteroatoms. The van der Waals surface area contributed by atoms with Gasteiger partial charge in [0, 0.05) is 28.8 Å². The zero-order valence-electron chi connectivity index (χ0n) is 13.5. The maximum absolute atomic E-state index is 14.4. The van der Waals surface area contributed by atoms with Gasteiger partial charge in [-0.1, -0.05) is 40.9 Å². The summed E-state index contributed by atoms with van der Waals surface area (Å²) in [5, 5.41) is 1.53. The zero-order valence-corrected chi connectivity index (χ0v) is 15.7. The van der Waals surface area contributed by atoms with E-state index in [1.807, 2.05) is 0 Å². The van der Waals surface area contributed by atoms with Crippen molar-refractivity contribution in [2.75, 3.05) is 0 Å². The van der Waals surface area contributed by atoms with Gasteiger partial charge in [-0.25, -0.2) is 13.8 Å². The topological polar surface area (TPSA) is 25.8 Å². The smallest absolute Gasteiger partial charge is 0.133 e. The first-order valence-corrected chi connectivity index (χ1v) is 8.94. The molecule has 0 amide bonds. The summed E-state index contributed by atoms with van der Waals surface area (Å²) in [7, 11) is 0. The van der Waals surface area contributed by atoms with Crippen molar-refractivity contribution in [2.24, 2.45) is 0 Å². The van der Waals surface area contributed by atoms with E-state index in [1.54, 1.807) is 30.5 Å². The fourth-order valence-electron chi connectivity index (χ4n) is 2.96. The zero-order chi connectivity index (χ0) is 19.1. The second-order valence-electron chi connectivity index (χ2n) is 5.77. The molecule has 0 saturated heterocycles. The third-order valence-electron chi connectivity index (χ3n) is 4.12. The summed E-state index contributed by atoms with van der Waals surface area (Å²) in [6, 6.07) is 11.7. The molecule has 2 nitrogen and oxygen atoms in total. The lowest BCUT2D eigenvalue weighted by Gasteiger charge is -2.13. The summed E-state index contributed by atoms with van der Waals surface area (Å²) in [6.45, 7) is 0. The summed E-state index contributed by atoms with van der Waals surface area (Å²) in [5.74, 6) is -1.36. The molecule has 0 spiro atoms. The van der Waals surface area contributed by atoms with Gasteiger partial charge in [-0.15, -0.1) is 0 Å². The van der Waals surface area contributed by atoms with Crippen molar-refractivity contribution in [1.29, 1.82) is 0 Å². The lowest BCUT2D eigenvalue weighted by Crippen LogP contribution is -1.95. The van der Waals surface area contributed by atoms with Crippen LogP contribution in [0.15, 0.2) is 54.7 Å². The molecule has 4 aromatic rings. The summed E-state index contributed by atoms with van der Waals surface area (Å²) >= 11 is 18.8. The van der Waals surface area contributed by atoms with Crippen molar-refractivity contribution in [3.63, 3.8) is 0 Å². The molecule has 0 N–H and O–H groups in total. The number of nitrogens with zero attached hydrogens (tertiary/aromatic N) is 2. The van der Waals surface area contributed by atoms with Gasteiger partial charge in [0.2, 0.25) is 0 Å². The van der Waals surface area contributed by atoms with E-state index in [-0.39, 0.29) is 10.7 Å². The Balaban J connectivity index is 2.08. The van der Waals surface area contributed by atoms with Crippen LogP contribution >= 0.6 is 34.8 Å². The van der Waals surface area contributed by atoms with Crippen LogP contribution in [0.25, 0.3) is 33.3 Å². The number of fused-ring (bicyclic) bond motifs is 1. The first-order valence-electron chi connectivity index (χ1n) is 7.81. The number of pyridine rings is 2. The first kappa shape index (κ1) is 18.1. The molecule has 2 aromatic heterocycles.